The molecule has 3 aromatic heterocycles. The molecule has 5 heterocycles. The highest BCUT2D eigenvalue weighted by atomic mass is 32.1. The van der Waals surface area contributed by atoms with Gasteiger partial charge in [-0.3, -0.25) is 4.68 Å². The molecule has 4 atom stereocenters. The summed E-state index contributed by atoms with van der Waals surface area (Å²) in [5.74, 6) is 3.31. The Labute approximate surface area is 209 Å². The summed E-state index contributed by atoms with van der Waals surface area (Å²) in [4.78, 5) is 0. The van der Waals surface area contributed by atoms with Crippen molar-refractivity contribution < 1.29 is 4.74 Å². The molecule has 7 nitrogen and oxygen atoms in total. The molecule has 3 aliphatic rings. The van der Waals surface area contributed by atoms with E-state index in [1.165, 1.54) is 53.3 Å². The van der Waals surface area contributed by atoms with E-state index in [4.69, 9.17) is 4.74 Å². The predicted molar refractivity (Wildman–Crippen MR) is 141 cm³/mol. The van der Waals surface area contributed by atoms with Gasteiger partial charge < -0.3 is 15.4 Å². The molecule has 1 aliphatic carbocycles. The fourth-order valence-electron chi connectivity index (χ4n) is 6.75. The van der Waals surface area contributed by atoms with Crippen molar-refractivity contribution in [2.75, 3.05) is 25.1 Å². The number of aryl methyl sites for hydroxylation is 1. The second kappa shape index (κ2) is 8.84. The first-order valence-corrected chi connectivity index (χ1v) is 13.8. The third-order valence-electron chi connectivity index (χ3n) is 8.50. The minimum absolute atomic E-state index is 0.474. The first-order chi connectivity index (χ1) is 17.2. The maximum atomic E-state index is 5.57. The van der Waals surface area contributed by atoms with Gasteiger partial charge in [-0.2, -0.15) is 10.2 Å². The van der Waals surface area contributed by atoms with E-state index in [2.05, 4.69) is 55.7 Å². The molecule has 0 radical (unpaired) electrons. The monoisotopic (exact) mass is 488 g/mol. The lowest BCUT2D eigenvalue weighted by molar-refractivity contribution is 0.0594. The van der Waals surface area contributed by atoms with Crippen molar-refractivity contribution in [2.45, 2.75) is 44.2 Å². The topological polar surface area (TPSA) is 76.9 Å². The summed E-state index contributed by atoms with van der Waals surface area (Å²) < 4.78 is 8.65. The van der Waals surface area contributed by atoms with Crippen molar-refractivity contribution in [3.63, 3.8) is 0 Å². The Hall–Kier alpha value is -2.55. The van der Waals surface area contributed by atoms with Crippen molar-refractivity contribution in [3.8, 4) is 11.1 Å². The molecule has 1 aromatic carbocycles. The number of benzene rings is 1. The fourth-order valence-corrected chi connectivity index (χ4v) is 7.75. The Bertz CT molecular complexity index is 1360. The average Bonchev–Trinajstić information content (AvgIpc) is 3.63. The lowest BCUT2D eigenvalue weighted by Gasteiger charge is -2.27. The number of aromatic nitrogens is 4. The molecule has 0 spiro atoms. The summed E-state index contributed by atoms with van der Waals surface area (Å²) in [5, 5.41) is 25.7. The van der Waals surface area contributed by atoms with Crippen molar-refractivity contribution in [1.82, 2.24) is 25.3 Å². The quantitative estimate of drug-likeness (QED) is 0.419. The second-order valence-electron chi connectivity index (χ2n) is 10.7. The van der Waals surface area contributed by atoms with Crippen LogP contribution in [0.15, 0.2) is 36.0 Å². The van der Waals surface area contributed by atoms with Crippen LogP contribution in [0.3, 0.4) is 0 Å². The highest BCUT2D eigenvalue weighted by molar-refractivity contribution is 7.18. The van der Waals surface area contributed by atoms with E-state index in [-0.39, 0.29) is 0 Å². The van der Waals surface area contributed by atoms with E-state index < -0.39 is 0 Å². The molecular weight excluding hydrogens is 456 g/mol. The number of hydrogen-bond acceptors (Lipinski definition) is 7. The molecule has 0 amide bonds. The van der Waals surface area contributed by atoms with Gasteiger partial charge in [-0.05, 0) is 79.5 Å². The largest absolute Gasteiger partial charge is 0.381 e. The van der Waals surface area contributed by atoms with Crippen LogP contribution in [0.25, 0.3) is 32.1 Å². The Morgan fingerprint density at radius 2 is 2.14 bits per heavy atom. The number of hydrogen-bond donors (Lipinski definition) is 2. The van der Waals surface area contributed by atoms with Gasteiger partial charge in [-0.1, -0.05) is 6.07 Å². The smallest absolute Gasteiger partial charge is 0.166 e. The van der Waals surface area contributed by atoms with E-state index in [1.807, 2.05) is 17.9 Å². The van der Waals surface area contributed by atoms with Gasteiger partial charge in [0.05, 0.1) is 16.4 Å². The van der Waals surface area contributed by atoms with Crippen LogP contribution in [0, 0.1) is 17.8 Å². The zero-order valence-electron chi connectivity index (χ0n) is 20.1. The first-order valence-electron chi connectivity index (χ1n) is 13.0. The first kappa shape index (κ1) is 21.7. The number of anilines is 1. The van der Waals surface area contributed by atoms with Gasteiger partial charge >= 0.3 is 0 Å². The number of fused-ring (bicyclic) bond motifs is 3. The number of rotatable bonds is 5. The Morgan fingerprint density at radius 3 is 3.06 bits per heavy atom. The van der Waals surface area contributed by atoms with Crippen LogP contribution in [0.4, 0.5) is 5.82 Å². The molecular formula is C27H32N6OS. The van der Waals surface area contributed by atoms with Crippen LogP contribution in [-0.2, 0) is 11.8 Å². The van der Waals surface area contributed by atoms with Crippen LogP contribution < -0.4 is 10.6 Å². The highest BCUT2D eigenvalue weighted by Crippen LogP contribution is 2.43. The molecule has 8 heteroatoms. The van der Waals surface area contributed by atoms with E-state index in [9.17, 15) is 0 Å². The minimum Gasteiger partial charge on any atom is -0.381 e. The van der Waals surface area contributed by atoms with Crippen LogP contribution in [0.1, 0.15) is 32.1 Å². The van der Waals surface area contributed by atoms with Crippen molar-refractivity contribution in [3.05, 3.63) is 36.0 Å². The SMILES string of the molecule is Cn1cc2cc(-c3csc4c(N[C@H]5C[C@@H]6CN[C@@H](CC7CCOCC7)[C@H]6C5)nncc34)ccc2n1. The van der Waals surface area contributed by atoms with Crippen LogP contribution in [0.2, 0.25) is 0 Å². The van der Waals surface area contributed by atoms with Crippen molar-refractivity contribution in [2.24, 2.45) is 24.8 Å². The van der Waals surface area contributed by atoms with Crippen molar-refractivity contribution in [1.29, 1.82) is 0 Å². The minimum atomic E-state index is 0.474. The molecule has 0 unspecified atom stereocenters. The number of nitrogens with one attached hydrogen (secondary N) is 2. The van der Waals surface area contributed by atoms with Crippen LogP contribution in [0.5, 0.6) is 0 Å². The normalized spacial score (nSPS) is 27.1. The van der Waals surface area contributed by atoms with Gasteiger partial charge in [-0.25, -0.2) is 0 Å². The average molecular weight is 489 g/mol. The van der Waals surface area contributed by atoms with Gasteiger partial charge in [0, 0.05) is 54.9 Å². The summed E-state index contributed by atoms with van der Waals surface area (Å²) in [5.41, 5.74) is 3.44. The van der Waals surface area contributed by atoms with Gasteiger partial charge in [0.25, 0.3) is 0 Å². The molecule has 2 N–H and O–H groups in total. The third-order valence-corrected chi connectivity index (χ3v) is 9.50. The zero-order chi connectivity index (χ0) is 23.4. The molecule has 4 aromatic rings. The summed E-state index contributed by atoms with van der Waals surface area (Å²) in [7, 11) is 1.97. The second-order valence-corrected chi connectivity index (χ2v) is 11.6. The van der Waals surface area contributed by atoms with Gasteiger partial charge in [0.1, 0.15) is 0 Å². The summed E-state index contributed by atoms with van der Waals surface area (Å²) in [6, 6.07) is 7.62. The number of nitrogens with zero attached hydrogens (tertiary/aromatic N) is 4. The third kappa shape index (κ3) is 4.01. The molecule has 7 rings (SSSR count). The maximum absolute atomic E-state index is 5.57. The fraction of sp³-hybridized carbons (Fsp3) is 0.519. The van der Waals surface area contributed by atoms with E-state index in [0.29, 0.717) is 12.1 Å². The molecule has 3 fully saturated rings. The number of thiophene rings is 1. The Morgan fingerprint density at radius 1 is 1.23 bits per heavy atom. The molecule has 0 bridgehead atoms. The van der Waals surface area contributed by atoms with E-state index in [1.54, 1.807) is 11.3 Å². The van der Waals surface area contributed by atoms with Crippen LogP contribution in [-0.4, -0.2) is 51.8 Å². The molecule has 2 aliphatic heterocycles. The van der Waals surface area contributed by atoms with Crippen molar-refractivity contribution >= 4 is 38.1 Å². The van der Waals surface area contributed by atoms with Gasteiger partial charge in [-0.15, -0.1) is 16.4 Å². The lowest BCUT2D eigenvalue weighted by atomic mass is 9.85. The van der Waals surface area contributed by atoms with E-state index in [0.717, 1.165) is 54.2 Å². The Kier molecular flexibility index (Phi) is 5.48. The zero-order valence-corrected chi connectivity index (χ0v) is 20.9. The summed E-state index contributed by atoms with van der Waals surface area (Å²) >= 11 is 1.76. The molecule has 1 saturated carbocycles. The standard InChI is InChI=1S/C27H32N6OS/c1-33-14-19-9-17(2-3-24(19)32-33)23-15-35-26-22(23)13-29-31-27(26)30-20-10-18-12-28-25(21(18)11-20)8-16-4-6-34-7-5-16/h2-3,9,13-16,18,20-21,25,28H,4-8,10-12H2,1H3,(H,30,31)/t18-,20+,21+,25+/m1/s1. The predicted octanol–water partition coefficient (Wildman–Crippen LogP) is 4.84. The number of ether oxygens (including phenoxy) is 1. The van der Waals surface area contributed by atoms with Gasteiger partial charge in [0.15, 0.2) is 5.82 Å². The summed E-state index contributed by atoms with van der Waals surface area (Å²) in [6.45, 7) is 3.04. The molecule has 35 heavy (non-hydrogen) atoms. The highest BCUT2D eigenvalue weighted by Gasteiger charge is 2.44. The van der Waals surface area contributed by atoms with E-state index >= 15 is 0 Å². The maximum Gasteiger partial charge on any atom is 0.166 e. The Balaban J connectivity index is 1.09. The molecule has 2 saturated heterocycles. The van der Waals surface area contributed by atoms with Gasteiger partial charge in [0.2, 0.25) is 0 Å². The lowest BCUT2D eigenvalue weighted by Crippen LogP contribution is -2.33. The molecule has 182 valence electrons. The summed E-state index contributed by atoms with van der Waals surface area (Å²) in [6.07, 6.45) is 10.2. The van der Waals surface area contributed by atoms with Crippen LogP contribution >= 0.6 is 11.3 Å².